The summed E-state index contributed by atoms with van der Waals surface area (Å²) in [6, 6.07) is 0. The second-order valence-electron chi connectivity index (χ2n) is 3.86. The van der Waals surface area contributed by atoms with E-state index in [9.17, 15) is 14.4 Å². The topological polar surface area (TPSA) is 92.7 Å². The lowest BCUT2D eigenvalue weighted by Gasteiger charge is -2.04. The van der Waals surface area contributed by atoms with E-state index in [1.54, 1.807) is 6.92 Å². The van der Waals surface area contributed by atoms with Crippen molar-refractivity contribution in [1.82, 2.24) is 5.32 Å². The van der Waals surface area contributed by atoms with Crippen LogP contribution in [0, 0.1) is 0 Å². The van der Waals surface area contributed by atoms with E-state index < -0.39 is 5.97 Å². The monoisotopic (exact) mass is 259 g/mol. The van der Waals surface area contributed by atoms with Gasteiger partial charge in [0.25, 0.3) is 0 Å². The third-order valence-electron chi connectivity index (χ3n) is 2.25. The summed E-state index contributed by atoms with van der Waals surface area (Å²) in [4.78, 5) is 32.3. The number of carboxylic acids is 1. The molecule has 0 aromatic rings. The minimum atomic E-state index is -0.973. The third-order valence-corrected chi connectivity index (χ3v) is 2.25. The third kappa shape index (κ3) is 10.9. The van der Waals surface area contributed by atoms with E-state index in [1.807, 2.05) is 0 Å². The molecule has 0 heterocycles. The van der Waals surface area contributed by atoms with Crippen molar-refractivity contribution in [2.45, 2.75) is 45.4 Å². The highest BCUT2D eigenvalue weighted by molar-refractivity contribution is 5.80. The van der Waals surface area contributed by atoms with E-state index in [1.165, 1.54) is 0 Å². The van der Waals surface area contributed by atoms with Crippen LogP contribution < -0.4 is 5.32 Å². The Bertz CT molecular complexity index is 278. The molecule has 0 unspecified atom stereocenters. The molecule has 0 saturated heterocycles. The van der Waals surface area contributed by atoms with Crippen LogP contribution in [0.25, 0.3) is 0 Å². The SMILES string of the molecule is CCOC(=O)CCCCCNC(=O)CCC(=O)O. The number of nitrogens with one attached hydrogen (secondary N) is 1. The Morgan fingerprint density at radius 1 is 1.06 bits per heavy atom. The predicted molar refractivity (Wildman–Crippen MR) is 65.0 cm³/mol. The molecule has 0 fully saturated rings. The summed E-state index contributed by atoms with van der Waals surface area (Å²) in [7, 11) is 0. The second-order valence-corrected chi connectivity index (χ2v) is 3.86. The van der Waals surface area contributed by atoms with Crippen LogP contribution in [0.1, 0.15) is 45.4 Å². The minimum Gasteiger partial charge on any atom is -0.481 e. The number of esters is 1. The number of ether oxygens (including phenoxy) is 1. The summed E-state index contributed by atoms with van der Waals surface area (Å²) in [5.41, 5.74) is 0. The first-order valence-corrected chi connectivity index (χ1v) is 6.20. The number of hydrogen-bond acceptors (Lipinski definition) is 4. The van der Waals surface area contributed by atoms with Crippen LogP contribution in [0.5, 0.6) is 0 Å². The molecule has 0 spiro atoms. The number of carbonyl (C=O) groups is 3. The van der Waals surface area contributed by atoms with Gasteiger partial charge in [-0.25, -0.2) is 0 Å². The maximum Gasteiger partial charge on any atom is 0.305 e. The first-order chi connectivity index (χ1) is 8.56. The summed E-state index contributed by atoms with van der Waals surface area (Å²) < 4.78 is 4.78. The molecule has 6 nitrogen and oxygen atoms in total. The van der Waals surface area contributed by atoms with Crippen LogP contribution in [-0.4, -0.2) is 36.1 Å². The second kappa shape index (κ2) is 10.6. The molecule has 18 heavy (non-hydrogen) atoms. The average molecular weight is 259 g/mol. The summed E-state index contributed by atoms with van der Waals surface area (Å²) in [5.74, 6) is -1.41. The van der Waals surface area contributed by atoms with Gasteiger partial charge in [0.2, 0.25) is 5.91 Å². The van der Waals surface area contributed by atoms with Crippen molar-refractivity contribution in [3.8, 4) is 0 Å². The molecular formula is C12H21NO5. The standard InChI is InChI=1S/C12H21NO5/c1-2-18-12(17)6-4-3-5-9-13-10(14)7-8-11(15)16/h2-9H2,1H3,(H,13,14)(H,15,16). The molecule has 0 bridgehead atoms. The van der Waals surface area contributed by atoms with Gasteiger partial charge in [0.05, 0.1) is 13.0 Å². The molecule has 2 N–H and O–H groups in total. The van der Waals surface area contributed by atoms with Crippen LogP contribution in [-0.2, 0) is 19.1 Å². The van der Waals surface area contributed by atoms with Crippen molar-refractivity contribution in [2.24, 2.45) is 0 Å². The highest BCUT2D eigenvalue weighted by Crippen LogP contribution is 2.00. The van der Waals surface area contributed by atoms with Crippen molar-refractivity contribution in [3.63, 3.8) is 0 Å². The highest BCUT2D eigenvalue weighted by Gasteiger charge is 2.04. The number of unbranched alkanes of at least 4 members (excludes halogenated alkanes) is 2. The Labute approximate surface area is 107 Å². The fourth-order valence-corrected chi connectivity index (χ4v) is 1.34. The zero-order chi connectivity index (χ0) is 13.8. The van der Waals surface area contributed by atoms with Crippen LogP contribution in [0.4, 0.5) is 0 Å². The molecule has 0 aromatic heterocycles. The van der Waals surface area contributed by atoms with Crippen molar-refractivity contribution in [1.29, 1.82) is 0 Å². The normalized spacial score (nSPS) is 9.83. The fourth-order valence-electron chi connectivity index (χ4n) is 1.34. The fraction of sp³-hybridized carbons (Fsp3) is 0.750. The number of rotatable bonds is 10. The molecule has 104 valence electrons. The van der Waals surface area contributed by atoms with Gasteiger partial charge in [-0.2, -0.15) is 0 Å². The summed E-state index contributed by atoms with van der Waals surface area (Å²) >= 11 is 0. The van der Waals surface area contributed by atoms with Crippen molar-refractivity contribution in [3.05, 3.63) is 0 Å². The number of carbonyl (C=O) groups excluding carboxylic acids is 2. The minimum absolute atomic E-state index is 0.0121. The van der Waals surface area contributed by atoms with Gasteiger partial charge in [-0.3, -0.25) is 14.4 Å². The van der Waals surface area contributed by atoms with Gasteiger partial charge in [0, 0.05) is 19.4 Å². The van der Waals surface area contributed by atoms with E-state index in [-0.39, 0.29) is 24.7 Å². The number of amides is 1. The van der Waals surface area contributed by atoms with Gasteiger partial charge >= 0.3 is 11.9 Å². The van der Waals surface area contributed by atoms with Crippen LogP contribution >= 0.6 is 0 Å². The van der Waals surface area contributed by atoms with E-state index in [0.29, 0.717) is 19.6 Å². The molecular weight excluding hydrogens is 238 g/mol. The molecule has 0 saturated carbocycles. The zero-order valence-corrected chi connectivity index (χ0v) is 10.7. The van der Waals surface area contributed by atoms with Crippen molar-refractivity contribution >= 4 is 17.8 Å². The van der Waals surface area contributed by atoms with E-state index in [2.05, 4.69) is 5.32 Å². The van der Waals surface area contributed by atoms with Gasteiger partial charge in [0.15, 0.2) is 0 Å². The Balaban J connectivity index is 3.32. The maximum atomic E-state index is 11.1. The Morgan fingerprint density at radius 2 is 1.78 bits per heavy atom. The lowest BCUT2D eigenvalue weighted by molar-refractivity contribution is -0.143. The maximum absolute atomic E-state index is 11.1. The Kier molecular flexibility index (Phi) is 9.62. The van der Waals surface area contributed by atoms with E-state index in [0.717, 1.165) is 19.3 Å². The van der Waals surface area contributed by atoms with Gasteiger partial charge < -0.3 is 15.2 Å². The molecule has 6 heteroatoms. The van der Waals surface area contributed by atoms with Crippen molar-refractivity contribution in [2.75, 3.05) is 13.2 Å². The lowest BCUT2D eigenvalue weighted by Crippen LogP contribution is -2.24. The number of aliphatic carboxylic acids is 1. The van der Waals surface area contributed by atoms with Crippen molar-refractivity contribution < 1.29 is 24.2 Å². The molecule has 0 aliphatic rings. The molecule has 0 aromatic carbocycles. The summed E-state index contributed by atoms with van der Waals surface area (Å²) in [5, 5.41) is 11.0. The molecule has 0 radical (unpaired) electrons. The number of carboxylic acid groups (broad SMARTS) is 1. The molecule has 0 atom stereocenters. The molecule has 0 aliphatic heterocycles. The van der Waals surface area contributed by atoms with Crippen LogP contribution in [0.3, 0.4) is 0 Å². The average Bonchev–Trinajstić information content (AvgIpc) is 2.31. The largest absolute Gasteiger partial charge is 0.481 e. The van der Waals surface area contributed by atoms with Gasteiger partial charge in [-0.1, -0.05) is 6.42 Å². The zero-order valence-electron chi connectivity index (χ0n) is 10.7. The van der Waals surface area contributed by atoms with Gasteiger partial charge in [-0.15, -0.1) is 0 Å². The summed E-state index contributed by atoms with van der Waals surface area (Å²) in [6.45, 7) is 2.68. The number of hydrogen-bond donors (Lipinski definition) is 2. The van der Waals surface area contributed by atoms with Gasteiger partial charge in [-0.05, 0) is 19.8 Å². The quantitative estimate of drug-likeness (QED) is 0.452. The highest BCUT2D eigenvalue weighted by atomic mass is 16.5. The van der Waals surface area contributed by atoms with E-state index >= 15 is 0 Å². The first kappa shape index (κ1) is 16.4. The lowest BCUT2D eigenvalue weighted by atomic mass is 10.2. The Morgan fingerprint density at radius 3 is 2.39 bits per heavy atom. The van der Waals surface area contributed by atoms with E-state index in [4.69, 9.17) is 9.84 Å². The van der Waals surface area contributed by atoms with Crippen LogP contribution in [0.2, 0.25) is 0 Å². The predicted octanol–water partition coefficient (Wildman–Crippen LogP) is 1.09. The molecule has 1 amide bonds. The Hall–Kier alpha value is -1.59. The molecule has 0 aliphatic carbocycles. The first-order valence-electron chi connectivity index (χ1n) is 6.20. The van der Waals surface area contributed by atoms with Crippen LogP contribution in [0.15, 0.2) is 0 Å². The van der Waals surface area contributed by atoms with Gasteiger partial charge in [0.1, 0.15) is 0 Å². The smallest absolute Gasteiger partial charge is 0.305 e. The summed E-state index contributed by atoms with van der Waals surface area (Å²) in [6.07, 6.45) is 2.62. The molecule has 0 rings (SSSR count).